The van der Waals surface area contributed by atoms with E-state index in [-0.39, 0.29) is 0 Å². The van der Waals surface area contributed by atoms with Gasteiger partial charge < -0.3 is 9.52 Å². The van der Waals surface area contributed by atoms with E-state index in [1.807, 2.05) is 12.3 Å². The number of benzene rings is 1. The van der Waals surface area contributed by atoms with Crippen molar-refractivity contribution in [2.45, 2.75) is 56.5 Å². The molecule has 0 unspecified atom stereocenters. The molecule has 3 atom stereocenters. The predicted molar refractivity (Wildman–Crippen MR) is 93.0 cm³/mol. The second-order valence-corrected chi connectivity index (χ2v) is 7.97. The Balaban J connectivity index is 1.56. The molecule has 2 heterocycles. The van der Waals surface area contributed by atoms with Crippen LogP contribution in [0, 0.1) is 5.92 Å². The lowest BCUT2D eigenvalue weighted by atomic mass is 9.52. The number of rotatable bonds is 2. The van der Waals surface area contributed by atoms with Crippen LogP contribution in [0.5, 0.6) is 5.75 Å². The maximum Gasteiger partial charge on any atom is 0.115 e. The molecule has 0 radical (unpaired) electrons. The van der Waals surface area contributed by atoms with Crippen molar-refractivity contribution in [3.63, 3.8) is 0 Å². The summed E-state index contributed by atoms with van der Waals surface area (Å²) in [5, 5.41) is 10.1. The molecular weight excluding hydrogens is 298 g/mol. The Morgan fingerprint density at radius 3 is 3.04 bits per heavy atom. The van der Waals surface area contributed by atoms with Gasteiger partial charge in [0.05, 0.1) is 12.5 Å². The largest absolute Gasteiger partial charge is 0.508 e. The highest BCUT2D eigenvalue weighted by molar-refractivity contribution is 5.45. The fraction of sp³-hybridized carbons (Fsp3) is 0.524. The number of phenolic OH excluding ortho intramolecular Hbond substituents is 1. The van der Waals surface area contributed by atoms with E-state index < -0.39 is 0 Å². The molecule has 1 aromatic heterocycles. The smallest absolute Gasteiger partial charge is 0.115 e. The van der Waals surface area contributed by atoms with Gasteiger partial charge in [0.25, 0.3) is 0 Å². The van der Waals surface area contributed by atoms with Crippen molar-refractivity contribution in [1.82, 2.24) is 4.90 Å². The molecule has 2 bridgehead atoms. The Labute approximate surface area is 143 Å². The number of aromatic hydroxyl groups is 1. The Hall–Kier alpha value is -1.74. The molecule has 2 aromatic rings. The van der Waals surface area contributed by atoms with Gasteiger partial charge in [-0.3, -0.25) is 4.90 Å². The summed E-state index contributed by atoms with van der Waals surface area (Å²) in [6, 6.07) is 8.85. The summed E-state index contributed by atoms with van der Waals surface area (Å²) < 4.78 is 5.28. The van der Waals surface area contributed by atoms with Gasteiger partial charge in [-0.2, -0.15) is 0 Å². The number of piperidine rings is 1. The van der Waals surface area contributed by atoms with Gasteiger partial charge in [0.15, 0.2) is 0 Å². The molecule has 1 saturated heterocycles. The van der Waals surface area contributed by atoms with E-state index in [4.69, 9.17) is 4.42 Å². The molecular formula is C21H25NO2. The molecule has 3 heteroatoms. The lowest BCUT2D eigenvalue weighted by molar-refractivity contribution is -0.0158. The summed E-state index contributed by atoms with van der Waals surface area (Å²) in [5.41, 5.74) is 4.52. The van der Waals surface area contributed by atoms with Gasteiger partial charge in [0.2, 0.25) is 0 Å². The number of nitrogens with zero attached hydrogens (tertiary/aromatic N) is 1. The molecule has 0 amide bonds. The molecule has 1 aromatic carbocycles. The highest BCUT2D eigenvalue weighted by Crippen LogP contribution is 2.56. The van der Waals surface area contributed by atoms with E-state index in [0.717, 1.165) is 25.4 Å². The summed E-state index contributed by atoms with van der Waals surface area (Å²) in [6.07, 6.45) is 11.3. The number of likely N-dealkylation sites (tertiary alicyclic amines) is 1. The Kier molecular flexibility index (Phi) is 3.27. The molecule has 1 aliphatic heterocycles. The Bertz CT molecular complexity index is 738. The fourth-order valence-electron chi connectivity index (χ4n) is 5.89. The van der Waals surface area contributed by atoms with Crippen molar-refractivity contribution < 1.29 is 9.52 Å². The zero-order valence-electron chi connectivity index (χ0n) is 14.1. The second kappa shape index (κ2) is 5.38. The minimum atomic E-state index is 0.308. The van der Waals surface area contributed by atoms with Gasteiger partial charge in [0, 0.05) is 23.6 Å². The minimum absolute atomic E-state index is 0.308. The molecule has 3 aliphatic rings. The maximum atomic E-state index is 10.1. The molecule has 126 valence electrons. The van der Waals surface area contributed by atoms with E-state index in [1.54, 1.807) is 6.26 Å². The molecule has 1 saturated carbocycles. The molecule has 3 nitrogen and oxygen atoms in total. The average Bonchev–Trinajstić information content (AvgIpc) is 3.11. The van der Waals surface area contributed by atoms with Crippen molar-refractivity contribution in [3.8, 4) is 5.75 Å². The van der Waals surface area contributed by atoms with Crippen LogP contribution in [0.1, 0.15) is 48.8 Å². The van der Waals surface area contributed by atoms with Gasteiger partial charge >= 0.3 is 0 Å². The Morgan fingerprint density at radius 1 is 1.21 bits per heavy atom. The van der Waals surface area contributed by atoms with Gasteiger partial charge in [-0.25, -0.2) is 0 Å². The highest BCUT2D eigenvalue weighted by atomic mass is 16.3. The van der Waals surface area contributed by atoms with Crippen molar-refractivity contribution in [2.75, 3.05) is 6.54 Å². The first-order valence-electron chi connectivity index (χ1n) is 9.34. The van der Waals surface area contributed by atoms with Crippen LogP contribution >= 0.6 is 0 Å². The first-order valence-corrected chi connectivity index (χ1v) is 9.34. The van der Waals surface area contributed by atoms with Crippen molar-refractivity contribution in [1.29, 1.82) is 0 Å². The lowest BCUT2D eigenvalue weighted by Gasteiger charge is -2.59. The summed E-state index contributed by atoms with van der Waals surface area (Å²) in [7, 11) is 0. The third-order valence-electron chi connectivity index (χ3n) is 6.90. The van der Waals surface area contributed by atoms with Crippen LogP contribution in [0.25, 0.3) is 0 Å². The monoisotopic (exact) mass is 323 g/mol. The maximum absolute atomic E-state index is 10.1. The standard InChI is InChI=1S/C21H25NO2/c23-17-5-4-16-11-20-18-3-1-2-7-21(18,19(16)12-17)8-9-22(20)13-15-6-10-24-14-15/h4-6,10,12,14,18,20,23H,1-3,7-9,11,13H2/t18-,20+,21-/m0/s1. The SMILES string of the molecule is Oc1ccc2c(c1)[C@]13CCCC[C@H]1[C@@H](C2)N(Cc1ccoc1)CC3. The quantitative estimate of drug-likeness (QED) is 0.898. The summed E-state index contributed by atoms with van der Waals surface area (Å²) >= 11 is 0. The van der Waals surface area contributed by atoms with Crippen LogP contribution in [0.3, 0.4) is 0 Å². The zero-order valence-corrected chi connectivity index (χ0v) is 14.1. The van der Waals surface area contributed by atoms with E-state index >= 15 is 0 Å². The van der Waals surface area contributed by atoms with Crippen LogP contribution in [0.4, 0.5) is 0 Å². The molecule has 1 N–H and O–H groups in total. The number of phenols is 1. The molecule has 24 heavy (non-hydrogen) atoms. The third-order valence-corrected chi connectivity index (χ3v) is 6.90. The molecule has 2 fully saturated rings. The number of furan rings is 1. The first kappa shape index (κ1) is 14.6. The fourth-order valence-corrected chi connectivity index (χ4v) is 5.89. The summed E-state index contributed by atoms with van der Waals surface area (Å²) in [6.45, 7) is 2.16. The van der Waals surface area contributed by atoms with E-state index in [2.05, 4.69) is 23.1 Å². The average molecular weight is 323 g/mol. The van der Waals surface area contributed by atoms with Crippen molar-refractivity contribution >= 4 is 0 Å². The highest BCUT2D eigenvalue weighted by Gasteiger charge is 2.53. The van der Waals surface area contributed by atoms with Crippen molar-refractivity contribution in [3.05, 3.63) is 53.5 Å². The normalized spacial score (nSPS) is 32.2. The van der Waals surface area contributed by atoms with E-state index in [0.29, 0.717) is 17.2 Å². The second-order valence-electron chi connectivity index (χ2n) is 7.97. The van der Waals surface area contributed by atoms with Gasteiger partial charge in [-0.1, -0.05) is 18.9 Å². The van der Waals surface area contributed by atoms with Crippen LogP contribution in [0.15, 0.2) is 41.2 Å². The van der Waals surface area contributed by atoms with Crippen LogP contribution in [-0.4, -0.2) is 22.6 Å². The van der Waals surface area contributed by atoms with E-state index in [1.165, 1.54) is 48.8 Å². The van der Waals surface area contributed by atoms with Gasteiger partial charge in [-0.05, 0) is 67.5 Å². The summed E-state index contributed by atoms with van der Waals surface area (Å²) in [4.78, 5) is 2.69. The topological polar surface area (TPSA) is 36.6 Å². The molecule has 2 aliphatic carbocycles. The number of hydrogen-bond donors (Lipinski definition) is 1. The van der Waals surface area contributed by atoms with Gasteiger partial charge in [0.1, 0.15) is 5.75 Å². The van der Waals surface area contributed by atoms with Crippen LogP contribution in [-0.2, 0) is 18.4 Å². The van der Waals surface area contributed by atoms with Gasteiger partial charge in [-0.15, -0.1) is 0 Å². The minimum Gasteiger partial charge on any atom is -0.508 e. The predicted octanol–water partition coefficient (Wildman–Crippen LogP) is 4.24. The summed E-state index contributed by atoms with van der Waals surface area (Å²) in [5.74, 6) is 1.17. The molecule has 5 rings (SSSR count). The Morgan fingerprint density at radius 2 is 2.17 bits per heavy atom. The number of hydrogen-bond acceptors (Lipinski definition) is 3. The van der Waals surface area contributed by atoms with Crippen LogP contribution < -0.4 is 0 Å². The van der Waals surface area contributed by atoms with Crippen LogP contribution in [0.2, 0.25) is 0 Å². The van der Waals surface area contributed by atoms with E-state index in [9.17, 15) is 5.11 Å². The lowest BCUT2D eigenvalue weighted by Crippen LogP contribution is -2.60. The zero-order chi connectivity index (χ0) is 16.1. The first-order chi connectivity index (χ1) is 11.8. The molecule has 0 spiro atoms. The number of fused-ring (bicyclic) bond motifs is 1. The third kappa shape index (κ3) is 2.07. The van der Waals surface area contributed by atoms with Crippen molar-refractivity contribution in [2.24, 2.45) is 5.92 Å².